The SMILES string of the molecule is O=C(Nc1nc(-c2cccc(C#Cc3cc(C(F)(F)F)cc(C(F)(F)F)c3)c2)cs1)c1ccc(CN2CCOCC2)cc1. The molecule has 0 aliphatic carbocycles. The van der Waals surface area contributed by atoms with Crippen molar-refractivity contribution in [2.75, 3.05) is 31.6 Å². The van der Waals surface area contributed by atoms with E-state index in [0.717, 1.165) is 25.2 Å². The number of hydrogen-bond acceptors (Lipinski definition) is 5. The summed E-state index contributed by atoms with van der Waals surface area (Å²) in [6.07, 6.45) is -9.91. The number of carbonyl (C=O) groups is 1. The number of aromatic nitrogens is 1. The van der Waals surface area contributed by atoms with Crippen LogP contribution in [0.3, 0.4) is 0 Å². The number of ether oxygens (including phenoxy) is 1. The quantitative estimate of drug-likeness (QED) is 0.189. The number of nitrogens with zero attached hydrogens (tertiary/aromatic N) is 2. The Kier molecular flexibility index (Phi) is 8.87. The molecule has 1 fully saturated rings. The van der Waals surface area contributed by atoms with Gasteiger partial charge in [0.05, 0.1) is 30.0 Å². The summed E-state index contributed by atoms with van der Waals surface area (Å²) in [6, 6.07) is 15.1. The molecule has 1 aliphatic rings. The summed E-state index contributed by atoms with van der Waals surface area (Å²) >= 11 is 1.21. The molecular formula is C31H23F6N3O2S. The number of benzene rings is 3. The molecule has 0 spiro atoms. The van der Waals surface area contributed by atoms with E-state index in [2.05, 4.69) is 27.0 Å². The minimum atomic E-state index is -4.96. The van der Waals surface area contributed by atoms with Crippen LogP contribution < -0.4 is 5.32 Å². The van der Waals surface area contributed by atoms with Crippen molar-refractivity contribution in [1.29, 1.82) is 0 Å². The molecule has 0 radical (unpaired) electrons. The maximum Gasteiger partial charge on any atom is 0.416 e. The molecule has 222 valence electrons. The zero-order valence-corrected chi connectivity index (χ0v) is 23.2. The summed E-state index contributed by atoms with van der Waals surface area (Å²) in [7, 11) is 0. The summed E-state index contributed by atoms with van der Waals surface area (Å²) in [6.45, 7) is 3.92. The summed E-state index contributed by atoms with van der Waals surface area (Å²) in [4.78, 5) is 19.5. The Morgan fingerprint density at radius 1 is 0.884 bits per heavy atom. The highest BCUT2D eigenvalue weighted by molar-refractivity contribution is 7.14. The first-order valence-corrected chi connectivity index (χ1v) is 13.9. The largest absolute Gasteiger partial charge is 0.416 e. The zero-order valence-electron chi connectivity index (χ0n) is 22.4. The highest BCUT2D eigenvalue weighted by atomic mass is 32.1. The van der Waals surface area contributed by atoms with E-state index in [-0.39, 0.29) is 12.0 Å². The van der Waals surface area contributed by atoms with Crippen molar-refractivity contribution in [2.45, 2.75) is 18.9 Å². The zero-order chi connectivity index (χ0) is 30.6. The van der Waals surface area contributed by atoms with Crippen molar-refractivity contribution in [3.05, 3.63) is 105 Å². The first kappa shape index (κ1) is 30.3. The molecule has 43 heavy (non-hydrogen) atoms. The molecule has 0 bridgehead atoms. The first-order chi connectivity index (χ1) is 20.4. The molecule has 1 amide bonds. The number of amides is 1. The van der Waals surface area contributed by atoms with E-state index in [1.165, 1.54) is 11.3 Å². The Labute approximate surface area is 247 Å². The second kappa shape index (κ2) is 12.6. The average Bonchev–Trinajstić information content (AvgIpc) is 3.44. The van der Waals surface area contributed by atoms with Crippen LogP contribution in [0.4, 0.5) is 31.5 Å². The Balaban J connectivity index is 1.27. The molecule has 12 heteroatoms. The highest BCUT2D eigenvalue weighted by Gasteiger charge is 2.36. The lowest BCUT2D eigenvalue weighted by atomic mass is 10.0. The van der Waals surface area contributed by atoms with Crippen LogP contribution in [-0.2, 0) is 23.6 Å². The Morgan fingerprint density at radius 3 is 2.19 bits per heavy atom. The van der Waals surface area contributed by atoms with Crippen molar-refractivity contribution in [3.8, 4) is 23.1 Å². The molecule has 5 rings (SSSR count). The lowest BCUT2D eigenvalue weighted by molar-refractivity contribution is -0.143. The van der Waals surface area contributed by atoms with Crippen LogP contribution in [0.15, 0.2) is 72.1 Å². The number of morpholine rings is 1. The summed E-state index contributed by atoms with van der Waals surface area (Å²) < 4.78 is 84.3. The Bertz CT molecular complexity index is 1630. The van der Waals surface area contributed by atoms with Gasteiger partial charge in [0.15, 0.2) is 5.13 Å². The lowest BCUT2D eigenvalue weighted by Crippen LogP contribution is -2.35. The van der Waals surface area contributed by atoms with E-state index >= 15 is 0 Å². The van der Waals surface area contributed by atoms with Gasteiger partial charge in [-0.05, 0) is 48.0 Å². The predicted octanol–water partition coefficient (Wildman–Crippen LogP) is 7.33. The summed E-state index contributed by atoms with van der Waals surface area (Å²) in [5.74, 6) is 4.72. The van der Waals surface area contributed by atoms with Crippen molar-refractivity contribution in [1.82, 2.24) is 9.88 Å². The second-order valence-electron chi connectivity index (χ2n) is 9.70. The molecule has 1 saturated heterocycles. The molecule has 0 atom stereocenters. The van der Waals surface area contributed by atoms with Crippen LogP contribution in [0.25, 0.3) is 11.3 Å². The van der Waals surface area contributed by atoms with Gasteiger partial charge in [-0.3, -0.25) is 15.0 Å². The van der Waals surface area contributed by atoms with E-state index in [1.54, 1.807) is 41.8 Å². The molecule has 2 heterocycles. The third-order valence-corrected chi connectivity index (χ3v) is 7.31. The minimum Gasteiger partial charge on any atom is -0.379 e. The predicted molar refractivity (Wildman–Crippen MR) is 150 cm³/mol. The van der Waals surface area contributed by atoms with Crippen LogP contribution in [-0.4, -0.2) is 42.1 Å². The molecule has 1 N–H and O–H groups in total. The number of carbonyl (C=O) groups excluding carboxylic acids is 1. The van der Waals surface area contributed by atoms with E-state index in [1.807, 2.05) is 12.1 Å². The first-order valence-electron chi connectivity index (χ1n) is 13.0. The van der Waals surface area contributed by atoms with Gasteiger partial charge in [-0.25, -0.2) is 4.98 Å². The van der Waals surface area contributed by atoms with Crippen LogP contribution in [0.2, 0.25) is 0 Å². The molecule has 1 aliphatic heterocycles. The van der Waals surface area contributed by atoms with Crippen molar-refractivity contribution >= 4 is 22.4 Å². The molecule has 5 nitrogen and oxygen atoms in total. The third kappa shape index (κ3) is 8.01. The Hall–Kier alpha value is -4.18. The summed E-state index contributed by atoms with van der Waals surface area (Å²) in [5.41, 5.74) is -0.226. The maximum absolute atomic E-state index is 13.2. The molecule has 3 aromatic carbocycles. The fourth-order valence-corrected chi connectivity index (χ4v) is 5.05. The molecule has 0 saturated carbocycles. The number of alkyl halides is 6. The van der Waals surface area contributed by atoms with Gasteiger partial charge in [-0.1, -0.05) is 36.1 Å². The van der Waals surface area contributed by atoms with E-state index in [4.69, 9.17) is 4.74 Å². The van der Waals surface area contributed by atoms with E-state index in [0.29, 0.717) is 52.9 Å². The smallest absolute Gasteiger partial charge is 0.379 e. The maximum atomic E-state index is 13.2. The van der Waals surface area contributed by atoms with Crippen LogP contribution in [0, 0.1) is 11.8 Å². The van der Waals surface area contributed by atoms with Gasteiger partial charge in [0.2, 0.25) is 0 Å². The van der Waals surface area contributed by atoms with Gasteiger partial charge in [0, 0.05) is 47.3 Å². The number of hydrogen-bond donors (Lipinski definition) is 1. The second-order valence-corrected chi connectivity index (χ2v) is 10.6. The monoisotopic (exact) mass is 615 g/mol. The van der Waals surface area contributed by atoms with Gasteiger partial charge in [-0.2, -0.15) is 26.3 Å². The molecule has 0 unspecified atom stereocenters. The topological polar surface area (TPSA) is 54.5 Å². The number of rotatable bonds is 5. The molecule has 1 aromatic heterocycles. The van der Waals surface area contributed by atoms with E-state index in [9.17, 15) is 31.1 Å². The van der Waals surface area contributed by atoms with Crippen molar-refractivity contribution in [2.24, 2.45) is 0 Å². The van der Waals surface area contributed by atoms with Crippen LogP contribution in [0.5, 0.6) is 0 Å². The fraction of sp³-hybridized carbons (Fsp3) is 0.226. The van der Waals surface area contributed by atoms with Crippen LogP contribution >= 0.6 is 11.3 Å². The van der Waals surface area contributed by atoms with Gasteiger partial charge in [0.25, 0.3) is 5.91 Å². The standard InChI is InChI=1S/C31H23F6N3O2S/c32-30(33,34)25-15-22(16-26(17-25)31(35,36)37)5-4-20-2-1-3-24(14-20)27-19-43-29(38-27)39-28(41)23-8-6-21(7-9-23)18-40-10-12-42-13-11-40/h1-3,6-9,14-17,19H,10-13,18H2,(H,38,39,41). The minimum absolute atomic E-state index is 0.0617. The number of halogens is 6. The average molecular weight is 616 g/mol. The van der Waals surface area contributed by atoms with Crippen molar-refractivity contribution < 1.29 is 35.9 Å². The molecule has 4 aromatic rings. The van der Waals surface area contributed by atoms with Crippen LogP contribution in [0.1, 0.15) is 38.2 Å². The van der Waals surface area contributed by atoms with E-state index < -0.39 is 29.0 Å². The highest BCUT2D eigenvalue weighted by Crippen LogP contribution is 2.36. The lowest BCUT2D eigenvalue weighted by Gasteiger charge is -2.26. The summed E-state index contributed by atoms with van der Waals surface area (Å²) in [5, 5.41) is 4.85. The van der Waals surface area contributed by atoms with Gasteiger partial charge >= 0.3 is 12.4 Å². The fourth-order valence-electron chi connectivity index (χ4n) is 4.34. The van der Waals surface area contributed by atoms with Gasteiger partial charge in [0.1, 0.15) is 0 Å². The third-order valence-electron chi connectivity index (χ3n) is 6.55. The van der Waals surface area contributed by atoms with Gasteiger partial charge < -0.3 is 4.74 Å². The number of thiazole rings is 1. The van der Waals surface area contributed by atoms with Gasteiger partial charge in [-0.15, -0.1) is 11.3 Å². The Morgan fingerprint density at radius 2 is 1.53 bits per heavy atom. The van der Waals surface area contributed by atoms with Crippen molar-refractivity contribution in [3.63, 3.8) is 0 Å². The molecular weight excluding hydrogens is 592 g/mol. The number of nitrogens with one attached hydrogen (secondary N) is 1. The normalized spacial score (nSPS) is 14.2. The number of anilines is 1.